The van der Waals surface area contributed by atoms with Crippen molar-refractivity contribution >= 4 is 22.5 Å². The van der Waals surface area contributed by atoms with Gasteiger partial charge in [0.25, 0.3) is 0 Å². The number of hydrogen-bond acceptors (Lipinski definition) is 5. The first-order valence-electron chi connectivity index (χ1n) is 8.99. The van der Waals surface area contributed by atoms with Crippen LogP contribution < -0.4 is 5.32 Å². The molecule has 0 aromatic carbocycles. The number of nitrogens with zero attached hydrogens (tertiary/aromatic N) is 5. The molecule has 1 aliphatic heterocycles. The zero-order valence-electron chi connectivity index (χ0n) is 14.7. The van der Waals surface area contributed by atoms with E-state index in [1.165, 1.54) is 0 Å². The Morgan fingerprint density at radius 3 is 3.00 bits per heavy atom. The van der Waals surface area contributed by atoms with Crippen molar-refractivity contribution in [1.82, 2.24) is 29.5 Å². The molecule has 26 heavy (non-hydrogen) atoms. The normalized spacial score (nSPS) is 16.5. The number of aromatic nitrogens is 5. The second kappa shape index (κ2) is 6.10. The molecular weight excluding hydrogens is 326 g/mol. The van der Waals surface area contributed by atoms with Gasteiger partial charge in [0.05, 0.1) is 5.52 Å². The molecule has 1 aliphatic rings. The lowest BCUT2D eigenvalue weighted by atomic mass is 10.1. The van der Waals surface area contributed by atoms with E-state index in [-0.39, 0.29) is 0 Å². The SMILES string of the molecule is CN1CCC(Nc2ncc3c(-c4ccn5nccc5c4)c[nH]c3n2)CC1. The largest absolute Gasteiger partial charge is 0.351 e. The van der Waals surface area contributed by atoms with Gasteiger partial charge in [-0.25, -0.2) is 9.50 Å². The molecule has 0 amide bonds. The third-order valence-electron chi connectivity index (χ3n) is 5.19. The average molecular weight is 347 g/mol. The molecule has 0 saturated carbocycles. The fourth-order valence-corrected chi connectivity index (χ4v) is 3.64. The highest BCUT2D eigenvalue weighted by Crippen LogP contribution is 2.28. The predicted octanol–water partition coefficient (Wildman–Crippen LogP) is 2.78. The first-order valence-corrected chi connectivity index (χ1v) is 8.99. The molecule has 5 heterocycles. The first-order chi connectivity index (χ1) is 12.8. The average Bonchev–Trinajstić information content (AvgIpc) is 3.29. The van der Waals surface area contributed by atoms with Crippen molar-refractivity contribution in [1.29, 1.82) is 0 Å². The van der Waals surface area contributed by atoms with Crippen LogP contribution in [0.1, 0.15) is 12.8 Å². The van der Waals surface area contributed by atoms with Gasteiger partial charge in [0.15, 0.2) is 0 Å². The van der Waals surface area contributed by atoms with Gasteiger partial charge in [-0.1, -0.05) is 0 Å². The van der Waals surface area contributed by atoms with Crippen molar-refractivity contribution in [3.63, 3.8) is 0 Å². The zero-order chi connectivity index (χ0) is 17.5. The molecule has 132 valence electrons. The van der Waals surface area contributed by atoms with Gasteiger partial charge in [-0.2, -0.15) is 10.1 Å². The summed E-state index contributed by atoms with van der Waals surface area (Å²) in [4.78, 5) is 14.9. The highest BCUT2D eigenvalue weighted by Gasteiger charge is 2.18. The standard InChI is InChI=1S/C19H21N7/c1-25-7-4-14(5-8-25)23-19-21-12-17-16(11-20-18(17)24-19)13-3-9-26-15(10-13)2-6-22-26/h2-3,6,9-12,14H,4-5,7-8H2,1H3,(H2,20,21,23,24). The quantitative estimate of drug-likeness (QED) is 0.596. The number of fused-ring (bicyclic) bond motifs is 2. The third-order valence-corrected chi connectivity index (χ3v) is 5.19. The fraction of sp³-hybridized carbons (Fsp3) is 0.316. The topological polar surface area (TPSA) is 74.1 Å². The van der Waals surface area contributed by atoms with Crippen LogP contribution in [-0.2, 0) is 0 Å². The van der Waals surface area contributed by atoms with E-state index in [0.717, 1.165) is 53.6 Å². The van der Waals surface area contributed by atoms with E-state index in [2.05, 4.69) is 49.4 Å². The van der Waals surface area contributed by atoms with E-state index in [4.69, 9.17) is 0 Å². The van der Waals surface area contributed by atoms with Crippen LogP contribution in [0.5, 0.6) is 0 Å². The maximum atomic E-state index is 4.68. The Labute approximate surface area is 151 Å². The Balaban J connectivity index is 1.44. The smallest absolute Gasteiger partial charge is 0.224 e. The molecule has 7 nitrogen and oxygen atoms in total. The molecule has 0 unspecified atom stereocenters. The van der Waals surface area contributed by atoms with Gasteiger partial charge in [-0.3, -0.25) is 0 Å². The van der Waals surface area contributed by atoms with Gasteiger partial charge in [0.2, 0.25) is 5.95 Å². The van der Waals surface area contributed by atoms with Gasteiger partial charge < -0.3 is 15.2 Å². The van der Waals surface area contributed by atoms with Crippen molar-refractivity contribution in [2.75, 3.05) is 25.5 Å². The molecule has 5 rings (SSSR count). The van der Waals surface area contributed by atoms with Crippen LogP contribution in [0.4, 0.5) is 5.95 Å². The molecule has 7 heteroatoms. The number of pyridine rings is 1. The van der Waals surface area contributed by atoms with Crippen LogP contribution in [0.2, 0.25) is 0 Å². The van der Waals surface area contributed by atoms with Crippen molar-refractivity contribution in [2.45, 2.75) is 18.9 Å². The Morgan fingerprint density at radius 1 is 1.23 bits per heavy atom. The number of anilines is 1. The predicted molar refractivity (Wildman–Crippen MR) is 102 cm³/mol. The first kappa shape index (κ1) is 15.3. The third kappa shape index (κ3) is 2.70. The van der Waals surface area contributed by atoms with E-state index < -0.39 is 0 Å². The van der Waals surface area contributed by atoms with Crippen LogP contribution in [0, 0.1) is 0 Å². The summed E-state index contributed by atoms with van der Waals surface area (Å²) in [6.45, 7) is 2.23. The van der Waals surface area contributed by atoms with Crippen molar-refractivity contribution in [2.24, 2.45) is 0 Å². The van der Waals surface area contributed by atoms with E-state index in [0.29, 0.717) is 12.0 Å². The van der Waals surface area contributed by atoms with E-state index in [1.807, 2.05) is 29.2 Å². The maximum Gasteiger partial charge on any atom is 0.224 e. The second-order valence-electron chi connectivity index (χ2n) is 7.00. The highest BCUT2D eigenvalue weighted by atomic mass is 15.2. The maximum absolute atomic E-state index is 4.68. The minimum Gasteiger partial charge on any atom is -0.351 e. The van der Waals surface area contributed by atoms with Crippen molar-refractivity contribution in [3.8, 4) is 11.1 Å². The highest BCUT2D eigenvalue weighted by molar-refractivity contribution is 5.94. The second-order valence-corrected chi connectivity index (χ2v) is 7.00. The number of hydrogen-bond donors (Lipinski definition) is 2. The van der Waals surface area contributed by atoms with Crippen LogP contribution in [0.3, 0.4) is 0 Å². The summed E-state index contributed by atoms with van der Waals surface area (Å²) in [6.07, 6.45) is 9.93. The Bertz CT molecular complexity index is 1060. The summed E-state index contributed by atoms with van der Waals surface area (Å²) in [5.74, 6) is 0.701. The lowest BCUT2D eigenvalue weighted by Gasteiger charge is -2.29. The molecule has 0 spiro atoms. The van der Waals surface area contributed by atoms with Gasteiger partial charge in [0.1, 0.15) is 5.65 Å². The minimum atomic E-state index is 0.447. The van der Waals surface area contributed by atoms with E-state index >= 15 is 0 Å². The molecule has 0 atom stereocenters. The molecular formula is C19H21N7. The van der Waals surface area contributed by atoms with Gasteiger partial charge in [-0.05, 0) is 56.7 Å². The molecule has 0 radical (unpaired) electrons. The summed E-state index contributed by atoms with van der Waals surface area (Å²) in [7, 11) is 2.17. The summed E-state index contributed by atoms with van der Waals surface area (Å²) in [5, 5.41) is 8.76. The summed E-state index contributed by atoms with van der Waals surface area (Å²) < 4.78 is 1.86. The van der Waals surface area contributed by atoms with Crippen molar-refractivity contribution < 1.29 is 0 Å². The van der Waals surface area contributed by atoms with E-state index in [1.54, 1.807) is 6.20 Å². The number of nitrogens with one attached hydrogen (secondary N) is 2. The fourth-order valence-electron chi connectivity index (χ4n) is 3.64. The van der Waals surface area contributed by atoms with Gasteiger partial charge >= 0.3 is 0 Å². The number of aromatic amines is 1. The molecule has 4 aromatic heterocycles. The van der Waals surface area contributed by atoms with Gasteiger partial charge in [-0.15, -0.1) is 0 Å². The molecule has 2 N–H and O–H groups in total. The van der Waals surface area contributed by atoms with E-state index in [9.17, 15) is 0 Å². The van der Waals surface area contributed by atoms with Crippen LogP contribution in [-0.4, -0.2) is 55.6 Å². The molecule has 0 aliphatic carbocycles. The zero-order valence-corrected chi connectivity index (χ0v) is 14.7. The number of H-pyrrole nitrogens is 1. The van der Waals surface area contributed by atoms with Crippen LogP contribution in [0.15, 0.2) is 43.0 Å². The Kier molecular flexibility index (Phi) is 3.60. The lowest BCUT2D eigenvalue weighted by molar-refractivity contribution is 0.263. The van der Waals surface area contributed by atoms with Crippen molar-refractivity contribution in [3.05, 3.63) is 43.0 Å². The molecule has 1 fully saturated rings. The monoisotopic (exact) mass is 347 g/mol. The number of piperidine rings is 1. The Hall–Kier alpha value is -2.93. The van der Waals surface area contributed by atoms with Gasteiger partial charge in [0, 0.05) is 41.8 Å². The lowest BCUT2D eigenvalue weighted by Crippen LogP contribution is -2.37. The number of rotatable bonds is 3. The minimum absolute atomic E-state index is 0.447. The summed E-state index contributed by atoms with van der Waals surface area (Å²) in [6, 6.07) is 6.63. The summed E-state index contributed by atoms with van der Waals surface area (Å²) >= 11 is 0. The van der Waals surface area contributed by atoms with Crippen LogP contribution >= 0.6 is 0 Å². The van der Waals surface area contributed by atoms with Crippen LogP contribution in [0.25, 0.3) is 27.7 Å². The number of likely N-dealkylation sites (tertiary alicyclic amines) is 1. The molecule has 4 aromatic rings. The molecule has 0 bridgehead atoms. The Morgan fingerprint density at radius 2 is 2.12 bits per heavy atom. The summed E-state index contributed by atoms with van der Waals surface area (Å²) in [5.41, 5.74) is 4.16. The molecule has 1 saturated heterocycles.